The van der Waals surface area contributed by atoms with E-state index in [1.165, 1.54) is 25.7 Å². The lowest BCUT2D eigenvalue weighted by Gasteiger charge is -2.13. The first kappa shape index (κ1) is 14.6. The Kier molecular flexibility index (Phi) is 4.61. The molecule has 1 fully saturated rings. The van der Waals surface area contributed by atoms with Crippen molar-refractivity contribution in [3.05, 3.63) is 35.0 Å². The summed E-state index contributed by atoms with van der Waals surface area (Å²) < 4.78 is 5.55. The van der Waals surface area contributed by atoms with Crippen LogP contribution in [0.2, 0.25) is 5.15 Å². The number of ether oxygens (including phenoxy) is 1. The number of fused-ring (bicyclic) bond motifs is 1. The summed E-state index contributed by atoms with van der Waals surface area (Å²) in [5.74, 6) is 0.879. The summed E-state index contributed by atoms with van der Waals surface area (Å²) >= 11 is 6.31. The van der Waals surface area contributed by atoms with Crippen molar-refractivity contribution in [1.29, 1.82) is 0 Å². The number of rotatable bonds is 5. The number of aromatic nitrogens is 1. The molecule has 4 heteroatoms. The molecule has 1 N–H and O–H groups in total. The van der Waals surface area contributed by atoms with E-state index in [1.54, 1.807) is 0 Å². The normalized spacial score (nSPS) is 15.7. The van der Waals surface area contributed by atoms with Crippen LogP contribution in [-0.4, -0.2) is 17.6 Å². The number of nitrogens with zero attached hydrogens (tertiary/aromatic N) is 1. The molecular formula is C17H21ClN2O. The third kappa shape index (κ3) is 3.47. The standard InChI is InChI=1S/C17H21ClN2O/c1-2-21-15-7-8-16-12(10-15)9-13(17(18)20-16)11-19-14-5-3-4-6-14/h7-10,14,19H,2-6,11H2,1H3. The van der Waals surface area contributed by atoms with E-state index in [1.807, 2.05) is 25.1 Å². The third-order valence-corrected chi connectivity index (χ3v) is 4.39. The fourth-order valence-corrected chi connectivity index (χ4v) is 3.15. The number of nitrogens with one attached hydrogen (secondary N) is 1. The minimum absolute atomic E-state index is 0.595. The first-order chi connectivity index (χ1) is 10.3. The highest BCUT2D eigenvalue weighted by molar-refractivity contribution is 6.30. The van der Waals surface area contributed by atoms with Crippen molar-refractivity contribution in [1.82, 2.24) is 10.3 Å². The first-order valence-corrected chi connectivity index (χ1v) is 8.09. The fourth-order valence-electron chi connectivity index (χ4n) is 2.94. The number of hydrogen-bond acceptors (Lipinski definition) is 3. The van der Waals surface area contributed by atoms with Crippen molar-refractivity contribution in [2.75, 3.05) is 6.61 Å². The number of halogens is 1. The Labute approximate surface area is 130 Å². The van der Waals surface area contributed by atoms with E-state index in [0.29, 0.717) is 17.8 Å². The van der Waals surface area contributed by atoms with Gasteiger partial charge in [0, 0.05) is 23.5 Å². The second-order valence-electron chi connectivity index (χ2n) is 5.59. The van der Waals surface area contributed by atoms with E-state index in [9.17, 15) is 0 Å². The monoisotopic (exact) mass is 304 g/mol. The summed E-state index contributed by atoms with van der Waals surface area (Å²) in [5, 5.41) is 5.26. The van der Waals surface area contributed by atoms with Gasteiger partial charge in [0.05, 0.1) is 12.1 Å². The Balaban J connectivity index is 1.81. The Hall–Kier alpha value is -1.32. The predicted molar refractivity (Wildman–Crippen MR) is 87.0 cm³/mol. The highest BCUT2D eigenvalue weighted by Gasteiger charge is 2.15. The summed E-state index contributed by atoms with van der Waals surface area (Å²) in [7, 11) is 0. The summed E-state index contributed by atoms with van der Waals surface area (Å²) in [4.78, 5) is 4.49. The summed E-state index contributed by atoms with van der Waals surface area (Å²) in [6.07, 6.45) is 5.21. The minimum atomic E-state index is 0.595. The van der Waals surface area contributed by atoms with Gasteiger partial charge in [0.2, 0.25) is 0 Å². The molecule has 1 aliphatic carbocycles. The Morgan fingerprint density at radius 1 is 1.29 bits per heavy atom. The van der Waals surface area contributed by atoms with Gasteiger partial charge in [-0.25, -0.2) is 4.98 Å². The van der Waals surface area contributed by atoms with Crippen LogP contribution < -0.4 is 10.1 Å². The van der Waals surface area contributed by atoms with E-state index >= 15 is 0 Å². The van der Waals surface area contributed by atoms with Gasteiger partial charge >= 0.3 is 0 Å². The van der Waals surface area contributed by atoms with Crippen LogP contribution in [-0.2, 0) is 6.54 Å². The maximum atomic E-state index is 6.31. The number of benzene rings is 1. The largest absolute Gasteiger partial charge is 0.494 e. The molecule has 3 nitrogen and oxygen atoms in total. The molecule has 3 rings (SSSR count). The lowest BCUT2D eigenvalue weighted by Crippen LogP contribution is -2.25. The molecule has 21 heavy (non-hydrogen) atoms. The Bertz CT molecular complexity index is 623. The van der Waals surface area contributed by atoms with E-state index in [4.69, 9.17) is 16.3 Å². The highest BCUT2D eigenvalue weighted by Crippen LogP contribution is 2.25. The molecule has 1 saturated carbocycles. The quantitative estimate of drug-likeness (QED) is 0.835. The average molecular weight is 305 g/mol. The molecule has 0 saturated heterocycles. The lowest BCUT2D eigenvalue weighted by atomic mass is 10.1. The van der Waals surface area contributed by atoms with Crippen LogP contribution in [0.15, 0.2) is 24.3 Å². The number of pyridine rings is 1. The van der Waals surface area contributed by atoms with Crippen molar-refractivity contribution in [2.24, 2.45) is 0 Å². The molecule has 0 radical (unpaired) electrons. The molecule has 112 valence electrons. The Morgan fingerprint density at radius 2 is 2.10 bits per heavy atom. The van der Waals surface area contributed by atoms with Crippen LogP contribution in [0.25, 0.3) is 10.9 Å². The Morgan fingerprint density at radius 3 is 2.86 bits per heavy atom. The smallest absolute Gasteiger partial charge is 0.134 e. The summed E-state index contributed by atoms with van der Waals surface area (Å²) in [6.45, 7) is 3.44. The molecule has 0 aliphatic heterocycles. The molecule has 1 aromatic carbocycles. The van der Waals surface area contributed by atoms with Crippen LogP contribution in [0.1, 0.15) is 38.2 Å². The molecule has 1 heterocycles. The lowest BCUT2D eigenvalue weighted by molar-refractivity contribution is 0.340. The number of hydrogen-bond donors (Lipinski definition) is 1. The maximum Gasteiger partial charge on any atom is 0.134 e. The molecule has 0 amide bonds. The fraction of sp³-hybridized carbons (Fsp3) is 0.471. The van der Waals surface area contributed by atoms with Crippen molar-refractivity contribution in [2.45, 2.75) is 45.2 Å². The van der Waals surface area contributed by atoms with Crippen LogP contribution in [0.5, 0.6) is 5.75 Å². The van der Waals surface area contributed by atoms with Crippen molar-refractivity contribution in [3.63, 3.8) is 0 Å². The maximum absolute atomic E-state index is 6.31. The predicted octanol–water partition coefficient (Wildman–Crippen LogP) is 4.32. The van der Waals surface area contributed by atoms with Gasteiger partial charge in [0.1, 0.15) is 10.9 Å². The third-order valence-electron chi connectivity index (χ3n) is 4.06. The molecule has 0 bridgehead atoms. The average Bonchev–Trinajstić information content (AvgIpc) is 2.99. The second kappa shape index (κ2) is 6.63. The van der Waals surface area contributed by atoms with Crippen LogP contribution in [0.3, 0.4) is 0 Å². The van der Waals surface area contributed by atoms with Crippen LogP contribution >= 0.6 is 11.6 Å². The minimum Gasteiger partial charge on any atom is -0.494 e. The van der Waals surface area contributed by atoms with Crippen molar-refractivity contribution in [3.8, 4) is 5.75 Å². The molecule has 0 unspecified atom stereocenters. The van der Waals surface area contributed by atoms with Gasteiger partial charge in [0.15, 0.2) is 0 Å². The molecule has 0 atom stereocenters. The van der Waals surface area contributed by atoms with Crippen molar-refractivity contribution < 1.29 is 4.74 Å². The van der Waals surface area contributed by atoms with Gasteiger partial charge in [-0.2, -0.15) is 0 Å². The summed E-state index contributed by atoms with van der Waals surface area (Å²) in [6, 6.07) is 8.68. The topological polar surface area (TPSA) is 34.1 Å². The zero-order chi connectivity index (χ0) is 14.7. The second-order valence-corrected chi connectivity index (χ2v) is 5.95. The zero-order valence-corrected chi connectivity index (χ0v) is 13.1. The molecule has 1 aromatic heterocycles. The molecule has 1 aliphatic rings. The van der Waals surface area contributed by atoms with Gasteiger partial charge in [-0.05, 0) is 44.0 Å². The first-order valence-electron chi connectivity index (χ1n) is 7.71. The van der Waals surface area contributed by atoms with Gasteiger partial charge in [0.25, 0.3) is 0 Å². The molecular weight excluding hydrogens is 284 g/mol. The van der Waals surface area contributed by atoms with Gasteiger partial charge < -0.3 is 10.1 Å². The molecule has 2 aromatic rings. The van der Waals surface area contributed by atoms with Gasteiger partial charge in [-0.1, -0.05) is 24.4 Å². The van der Waals surface area contributed by atoms with E-state index in [2.05, 4.69) is 16.4 Å². The SMILES string of the molecule is CCOc1ccc2nc(Cl)c(CNC3CCCC3)cc2c1. The van der Waals surface area contributed by atoms with E-state index < -0.39 is 0 Å². The summed E-state index contributed by atoms with van der Waals surface area (Å²) in [5.41, 5.74) is 1.97. The molecule has 0 spiro atoms. The van der Waals surface area contributed by atoms with Gasteiger partial charge in [-0.3, -0.25) is 0 Å². The zero-order valence-electron chi connectivity index (χ0n) is 12.4. The van der Waals surface area contributed by atoms with Gasteiger partial charge in [-0.15, -0.1) is 0 Å². The van der Waals surface area contributed by atoms with E-state index in [0.717, 1.165) is 28.8 Å². The van der Waals surface area contributed by atoms with Crippen LogP contribution in [0, 0.1) is 0 Å². The van der Waals surface area contributed by atoms with Crippen molar-refractivity contribution >= 4 is 22.5 Å². The van der Waals surface area contributed by atoms with Crippen LogP contribution in [0.4, 0.5) is 0 Å². The van der Waals surface area contributed by atoms with E-state index in [-0.39, 0.29) is 0 Å². The highest BCUT2D eigenvalue weighted by atomic mass is 35.5.